The van der Waals surface area contributed by atoms with E-state index in [1.165, 1.54) is 0 Å². The van der Waals surface area contributed by atoms with Crippen molar-refractivity contribution in [3.63, 3.8) is 0 Å². The second-order valence-corrected chi connectivity index (χ2v) is 3.50. The summed E-state index contributed by atoms with van der Waals surface area (Å²) >= 11 is 0. The molecule has 78 valence electrons. The predicted octanol–water partition coefficient (Wildman–Crippen LogP) is 2.38. The molecule has 0 fully saturated rings. The van der Waals surface area contributed by atoms with Gasteiger partial charge in [0, 0.05) is 6.20 Å². The van der Waals surface area contributed by atoms with Crippen molar-refractivity contribution in [2.75, 3.05) is 7.11 Å². The molecule has 0 aliphatic heterocycles. The Morgan fingerprint density at radius 2 is 2.40 bits per heavy atom. The Morgan fingerprint density at radius 1 is 1.53 bits per heavy atom. The molecule has 1 aromatic heterocycles. The van der Waals surface area contributed by atoms with E-state index in [4.69, 9.17) is 4.74 Å². The Hall–Kier alpha value is -1.64. The van der Waals surface area contributed by atoms with Gasteiger partial charge in [-0.2, -0.15) is 0 Å². The maximum absolute atomic E-state index is 12.0. The van der Waals surface area contributed by atoms with Gasteiger partial charge in [0.25, 0.3) is 0 Å². The van der Waals surface area contributed by atoms with Gasteiger partial charge in [-0.05, 0) is 37.0 Å². The van der Waals surface area contributed by atoms with Crippen LogP contribution in [0.25, 0.3) is 0 Å². The molecule has 1 heterocycles. The standard InChI is InChI=1S/C12H13NO2/c1-15-10-7-4-8-13-11(10)12(14)9-5-2-3-6-9/h4-5,7-8H,2-3,6H2,1H3. The number of nitrogens with zero attached hydrogens (tertiary/aromatic N) is 1. The summed E-state index contributed by atoms with van der Waals surface area (Å²) in [6.45, 7) is 0. The van der Waals surface area contributed by atoms with E-state index in [1.54, 1.807) is 25.4 Å². The lowest BCUT2D eigenvalue weighted by atomic mass is 10.1. The molecule has 2 rings (SSSR count). The third-order valence-electron chi connectivity index (χ3n) is 2.54. The van der Waals surface area contributed by atoms with Crippen molar-refractivity contribution in [3.8, 4) is 5.75 Å². The Balaban J connectivity index is 2.32. The molecule has 1 aromatic rings. The van der Waals surface area contributed by atoms with Gasteiger partial charge in [-0.25, -0.2) is 4.98 Å². The third-order valence-corrected chi connectivity index (χ3v) is 2.54. The average Bonchev–Trinajstić information content (AvgIpc) is 2.81. The molecule has 1 aliphatic rings. The highest BCUT2D eigenvalue weighted by molar-refractivity contribution is 6.09. The SMILES string of the molecule is COc1cccnc1C(=O)C1=CCCC1. The lowest BCUT2D eigenvalue weighted by Crippen LogP contribution is -2.06. The van der Waals surface area contributed by atoms with Crippen molar-refractivity contribution in [3.05, 3.63) is 35.7 Å². The second kappa shape index (κ2) is 4.26. The van der Waals surface area contributed by atoms with Crippen LogP contribution >= 0.6 is 0 Å². The van der Waals surface area contributed by atoms with Crippen LogP contribution in [0.15, 0.2) is 30.0 Å². The van der Waals surface area contributed by atoms with Gasteiger partial charge >= 0.3 is 0 Å². The fourth-order valence-electron chi connectivity index (χ4n) is 1.75. The van der Waals surface area contributed by atoms with Gasteiger partial charge < -0.3 is 4.74 Å². The topological polar surface area (TPSA) is 39.2 Å². The quantitative estimate of drug-likeness (QED) is 0.708. The van der Waals surface area contributed by atoms with Gasteiger partial charge in [0.1, 0.15) is 5.75 Å². The molecule has 0 bridgehead atoms. The second-order valence-electron chi connectivity index (χ2n) is 3.50. The number of aromatic nitrogens is 1. The zero-order chi connectivity index (χ0) is 10.7. The first-order valence-electron chi connectivity index (χ1n) is 5.05. The summed E-state index contributed by atoms with van der Waals surface area (Å²) in [5, 5.41) is 0. The van der Waals surface area contributed by atoms with Crippen molar-refractivity contribution in [1.82, 2.24) is 4.98 Å². The normalized spacial score (nSPS) is 14.9. The van der Waals surface area contributed by atoms with E-state index in [-0.39, 0.29) is 5.78 Å². The van der Waals surface area contributed by atoms with Crippen LogP contribution in [0.2, 0.25) is 0 Å². The number of carbonyl (C=O) groups is 1. The number of hydrogen-bond acceptors (Lipinski definition) is 3. The minimum Gasteiger partial charge on any atom is -0.494 e. The van der Waals surface area contributed by atoms with E-state index in [2.05, 4.69) is 4.98 Å². The van der Waals surface area contributed by atoms with Gasteiger partial charge in [-0.1, -0.05) is 6.08 Å². The molecular formula is C12H13NO2. The molecule has 0 aromatic carbocycles. The summed E-state index contributed by atoms with van der Waals surface area (Å²) in [6.07, 6.45) is 6.53. The number of allylic oxidation sites excluding steroid dienone is 2. The van der Waals surface area contributed by atoms with Crippen LogP contribution in [-0.2, 0) is 0 Å². The van der Waals surface area contributed by atoms with Crippen LogP contribution in [0, 0.1) is 0 Å². The highest BCUT2D eigenvalue weighted by Crippen LogP contribution is 2.24. The number of hydrogen-bond donors (Lipinski definition) is 0. The van der Waals surface area contributed by atoms with Crippen LogP contribution in [0.3, 0.4) is 0 Å². The smallest absolute Gasteiger partial charge is 0.210 e. The highest BCUT2D eigenvalue weighted by Gasteiger charge is 2.19. The summed E-state index contributed by atoms with van der Waals surface area (Å²) in [5.74, 6) is 0.556. The van der Waals surface area contributed by atoms with Crippen LogP contribution < -0.4 is 4.74 Å². The molecule has 3 nitrogen and oxygen atoms in total. The van der Waals surface area contributed by atoms with E-state index in [1.807, 2.05) is 6.08 Å². The number of carbonyl (C=O) groups excluding carboxylic acids is 1. The molecule has 0 unspecified atom stereocenters. The summed E-state index contributed by atoms with van der Waals surface area (Å²) in [6, 6.07) is 3.52. The molecule has 0 saturated heterocycles. The lowest BCUT2D eigenvalue weighted by Gasteiger charge is -2.06. The van der Waals surface area contributed by atoms with Crippen LogP contribution in [0.5, 0.6) is 5.75 Å². The Labute approximate surface area is 88.8 Å². The van der Waals surface area contributed by atoms with Gasteiger partial charge in [-0.15, -0.1) is 0 Å². The van der Waals surface area contributed by atoms with Crippen molar-refractivity contribution >= 4 is 5.78 Å². The van der Waals surface area contributed by atoms with Gasteiger partial charge in [0.15, 0.2) is 5.69 Å². The maximum Gasteiger partial charge on any atom is 0.210 e. The minimum absolute atomic E-state index is 0.00458. The molecule has 0 N–H and O–H groups in total. The van der Waals surface area contributed by atoms with Crippen molar-refractivity contribution in [2.45, 2.75) is 19.3 Å². The van der Waals surface area contributed by atoms with Crippen molar-refractivity contribution in [1.29, 1.82) is 0 Å². The zero-order valence-corrected chi connectivity index (χ0v) is 8.69. The highest BCUT2D eigenvalue weighted by atomic mass is 16.5. The first-order valence-corrected chi connectivity index (χ1v) is 5.05. The summed E-state index contributed by atoms with van der Waals surface area (Å²) in [5.41, 5.74) is 1.29. The fraction of sp³-hybridized carbons (Fsp3) is 0.333. The van der Waals surface area contributed by atoms with Crippen molar-refractivity contribution < 1.29 is 9.53 Å². The number of rotatable bonds is 3. The first-order chi connectivity index (χ1) is 7.33. The Morgan fingerprint density at radius 3 is 3.07 bits per heavy atom. The minimum atomic E-state index is 0.00458. The molecule has 15 heavy (non-hydrogen) atoms. The summed E-state index contributed by atoms with van der Waals surface area (Å²) < 4.78 is 5.12. The lowest BCUT2D eigenvalue weighted by molar-refractivity contribution is 0.102. The number of Topliss-reactive ketones (excluding diaryl/α,β-unsaturated/α-hetero) is 1. The fourth-order valence-corrected chi connectivity index (χ4v) is 1.75. The largest absolute Gasteiger partial charge is 0.494 e. The predicted molar refractivity (Wildman–Crippen MR) is 57.1 cm³/mol. The van der Waals surface area contributed by atoms with E-state index in [0.29, 0.717) is 11.4 Å². The molecule has 1 aliphatic carbocycles. The average molecular weight is 203 g/mol. The number of ketones is 1. The zero-order valence-electron chi connectivity index (χ0n) is 8.69. The molecule has 0 saturated carbocycles. The molecule has 0 atom stereocenters. The summed E-state index contributed by atoms with van der Waals surface area (Å²) in [4.78, 5) is 16.1. The van der Waals surface area contributed by atoms with Gasteiger partial charge in [-0.3, -0.25) is 4.79 Å². The van der Waals surface area contributed by atoms with Crippen LogP contribution in [-0.4, -0.2) is 17.9 Å². The van der Waals surface area contributed by atoms with Crippen LogP contribution in [0.1, 0.15) is 29.8 Å². The Bertz CT molecular complexity index is 410. The Kier molecular flexibility index (Phi) is 2.81. The third kappa shape index (κ3) is 1.91. The van der Waals surface area contributed by atoms with Crippen molar-refractivity contribution in [2.24, 2.45) is 0 Å². The number of ether oxygens (including phenoxy) is 1. The summed E-state index contributed by atoms with van der Waals surface area (Å²) in [7, 11) is 1.55. The molecule has 0 spiro atoms. The first kappa shape index (κ1) is 9.90. The van der Waals surface area contributed by atoms with E-state index < -0.39 is 0 Å². The molecule has 3 heteroatoms. The van der Waals surface area contributed by atoms with Crippen LogP contribution in [0.4, 0.5) is 0 Å². The van der Waals surface area contributed by atoms with E-state index in [0.717, 1.165) is 24.8 Å². The van der Waals surface area contributed by atoms with Gasteiger partial charge in [0.05, 0.1) is 7.11 Å². The van der Waals surface area contributed by atoms with E-state index >= 15 is 0 Å². The molecular weight excluding hydrogens is 190 g/mol. The van der Waals surface area contributed by atoms with Gasteiger partial charge in [0.2, 0.25) is 5.78 Å². The molecule has 0 radical (unpaired) electrons. The maximum atomic E-state index is 12.0. The number of pyridine rings is 1. The van der Waals surface area contributed by atoms with E-state index in [9.17, 15) is 4.79 Å². The number of methoxy groups -OCH3 is 1. The monoisotopic (exact) mass is 203 g/mol. The molecule has 0 amide bonds.